The van der Waals surface area contributed by atoms with Crippen LogP contribution in [-0.4, -0.2) is 69.8 Å². The predicted molar refractivity (Wildman–Crippen MR) is 98.1 cm³/mol. The van der Waals surface area contributed by atoms with Gasteiger partial charge in [0.05, 0.1) is 23.7 Å². The summed E-state index contributed by atoms with van der Waals surface area (Å²) < 4.78 is 7.67. The quantitative estimate of drug-likeness (QED) is 0.801. The number of aromatic nitrogens is 2. The smallest absolute Gasteiger partial charge is 0.275 e. The Morgan fingerprint density at radius 3 is 2.62 bits per heavy atom. The fraction of sp³-hybridized carbons (Fsp3) is 0.722. The lowest BCUT2D eigenvalue weighted by Crippen LogP contribution is -2.49. The number of halogens is 1. The Morgan fingerprint density at radius 1 is 1.35 bits per heavy atom. The second-order valence-electron chi connectivity index (χ2n) is 7.73. The Balaban J connectivity index is 1.63. The van der Waals surface area contributed by atoms with Crippen LogP contribution in [0.4, 0.5) is 0 Å². The molecule has 0 aliphatic carbocycles. The monoisotopic (exact) mass is 382 g/mol. The van der Waals surface area contributed by atoms with Crippen molar-refractivity contribution in [3.05, 3.63) is 16.9 Å². The van der Waals surface area contributed by atoms with E-state index in [-0.39, 0.29) is 17.5 Å². The van der Waals surface area contributed by atoms with Crippen LogP contribution in [0.1, 0.15) is 43.6 Å². The van der Waals surface area contributed by atoms with Crippen LogP contribution in [0.5, 0.6) is 0 Å². The van der Waals surface area contributed by atoms with Crippen molar-refractivity contribution < 1.29 is 14.3 Å². The molecule has 0 unspecified atom stereocenters. The average Bonchev–Trinajstić information content (AvgIpc) is 2.84. The maximum absolute atomic E-state index is 12.7. The molecule has 2 amide bonds. The van der Waals surface area contributed by atoms with Crippen LogP contribution >= 0.6 is 11.6 Å². The molecule has 0 atom stereocenters. The summed E-state index contributed by atoms with van der Waals surface area (Å²) >= 11 is 6.09. The van der Waals surface area contributed by atoms with Gasteiger partial charge in [0.25, 0.3) is 5.91 Å². The normalized spacial score (nSPS) is 20.7. The van der Waals surface area contributed by atoms with Gasteiger partial charge in [0, 0.05) is 39.4 Å². The molecular formula is C18H27ClN4O3. The van der Waals surface area contributed by atoms with E-state index in [1.54, 1.807) is 18.1 Å². The largest absolute Gasteiger partial charge is 0.372 e. The van der Waals surface area contributed by atoms with E-state index in [1.165, 1.54) is 4.68 Å². The number of rotatable bonds is 3. The van der Waals surface area contributed by atoms with Gasteiger partial charge in [-0.3, -0.25) is 14.3 Å². The zero-order chi connectivity index (χ0) is 18.9. The lowest BCUT2D eigenvalue weighted by molar-refractivity contribution is -0.135. The zero-order valence-electron chi connectivity index (χ0n) is 15.7. The molecular weight excluding hydrogens is 356 g/mol. The highest BCUT2D eigenvalue weighted by molar-refractivity contribution is 6.33. The Morgan fingerprint density at radius 2 is 2.04 bits per heavy atom. The molecule has 144 valence electrons. The summed E-state index contributed by atoms with van der Waals surface area (Å²) in [7, 11) is 1.74. The van der Waals surface area contributed by atoms with Crippen molar-refractivity contribution in [2.45, 2.75) is 38.7 Å². The highest BCUT2D eigenvalue weighted by atomic mass is 35.5. The number of nitrogens with zero attached hydrogens (tertiary/aromatic N) is 4. The van der Waals surface area contributed by atoms with Crippen molar-refractivity contribution in [1.29, 1.82) is 0 Å². The van der Waals surface area contributed by atoms with Crippen LogP contribution in [0, 0.1) is 5.92 Å². The fourth-order valence-corrected chi connectivity index (χ4v) is 4.02. The third kappa shape index (κ3) is 4.04. The van der Waals surface area contributed by atoms with Crippen LogP contribution in [0.25, 0.3) is 0 Å². The number of amides is 2. The van der Waals surface area contributed by atoms with E-state index < -0.39 is 5.60 Å². The van der Waals surface area contributed by atoms with E-state index in [0.717, 1.165) is 6.54 Å². The second-order valence-corrected chi connectivity index (χ2v) is 8.14. The summed E-state index contributed by atoms with van der Waals surface area (Å²) in [5.74, 6) is 0.436. The fourth-order valence-electron chi connectivity index (χ4n) is 3.76. The van der Waals surface area contributed by atoms with E-state index in [0.29, 0.717) is 56.4 Å². The second kappa shape index (κ2) is 7.56. The summed E-state index contributed by atoms with van der Waals surface area (Å²) in [6.07, 6.45) is 3.33. The molecule has 26 heavy (non-hydrogen) atoms. The van der Waals surface area contributed by atoms with Crippen molar-refractivity contribution >= 4 is 23.4 Å². The van der Waals surface area contributed by atoms with Crippen LogP contribution in [-0.2, 0) is 16.6 Å². The molecule has 1 aromatic rings. The van der Waals surface area contributed by atoms with Gasteiger partial charge in [-0.2, -0.15) is 5.10 Å². The first-order chi connectivity index (χ1) is 12.3. The van der Waals surface area contributed by atoms with Gasteiger partial charge in [-0.15, -0.1) is 0 Å². The summed E-state index contributed by atoms with van der Waals surface area (Å²) in [6.45, 7) is 7.28. The minimum Gasteiger partial charge on any atom is -0.372 e. The Kier molecular flexibility index (Phi) is 5.58. The maximum atomic E-state index is 12.7. The third-order valence-corrected chi connectivity index (χ3v) is 5.41. The molecule has 0 N–H and O–H groups in total. The average molecular weight is 383 g/mol. The molecule has 2 aliphatic rings. The Bertz CT molecular complexity index is 680. The summed E-state index contributed by atoms with van der Waals surface area (Å²) in [5, 5.41) is 4.52. The van der Waals surface area contributed by atoms with Crippen molar-refractivity contribution in [1.82, 2.24) is 19.6 Å². The molecule has 2 aliphatic heterocycles. The SMILES string of the molecule is CC(C)CN1CCOC2(CCN(C(=O)c3nn(C)cc3Cl)CC2)CC1=O. The molecule has 3 rings (SSSR count). The molecule has 8 heteroatoms. The summed E-state index contributed by atoms with van der Waals surface area (Å²) in [6, 6.07) is 0. The summed E-state index contributed by atoms with van der Waals surface area (Å²) in [5.41, 5.74) is -0.167. The van der Waals surface area contributed by atoms with Gasteiger partial charge in [0.1, 0.15) is 0 Å². The lowest BCUT2D eigenvalue weighted by Gasteiger charge is -2.40. The Hall–Kier alpha value is -1.60. The molecule has 0 bridgehead atoms. The minimum atomic E-state index is -0.451. The maximum Gasteiger partial charge on any atom is 0.275 e. The molecule has 2 fully saturated rings. The van der Waals surface area contributed by atoms with E-state index in [4.69, 9.17) is 16.3 Å². The van der Waals surface area contributed by atoms with Gasteiger partial charge in [0.15, 0.2) is 5.69 Å². The van der Waals surface area contributed by atoms with Crippen LogP contribution in [0.3, 0.4) is 0 Å². The number of likely N-dealkylation sites (tertiary alicyclic amines) is 1. The molecule has 0 aromatic carbocycles. The minimum absolute atomic E-state index is 0.156. The molecule has 0 radical (unpaired) electrons. The number of carbonyl (C=O) groups is 2. The molecule has 3 heterocycles. The first kappa shape index (κ1) is 19.2. The van der Waals surface area contributed by atoms with Gasteiger partial charge in [-0.05, 0) is 18.8 Å². The van der Waals surface area contributed by atoms with Crippen molar-refractivity contribution in [3.63, 3.8) is 0 Å². The molecule has 1 aromatic heterocycles. The van der Waals surface area contributed by atoms with Crippen LogP contribution in [0.2, 0.25) is 5.02 Å². The van der Waals surface area contributed by atoms with Gasteiger partial charge in [-0.1, -0.05) is 25.4 Å². The highest BCUT2D eigenvalue weighted by Gasteiger charge is 2.42. The van der Waals surface area contributed by atoms with Crippen molar-refractivity contribution in [2.24, 2.45) is 13.0 Å². The number of hydrogen-bond donors (Lipinski definition) is 0. The Labute approximate surface area is 159 Å². The molecule has 2 saturated heterocycles. The molecule has 7 nitrogen and oxygen atoms in total. The number of aryl methyl sites for hydroxylation is 1. The predicted octanol–water partition coefficient (Wildman–Crippen LogP) is 1.95. The van der Waals surface area contributed by atoms with E-state index in [9.17, 15) is 9.59 Å². The number of piperidine rings is 1. The van der Waals surface area contributed by atoms with Gasteiger partial charge in [-0.25, -0.2) is 0 Å². The number of carbonyl (C=O) groups excluding carboxylic acids is 2. The van der Waals surface area contributed by atoms with Gasteiger partial charge < -0.3 is 14.5 Å². The van der Waals surface area contributed by atoms with Crippen LogP contribution < -0.4 is 0 Å². The van der Waals surface area contributed by atoms with E-state index in [1.807, 2.05) is 4.90 Å². The van der Waals surface area contributed by atoms with Crippen molar-refractivity contribution in [2.75, 3.05) is 32.8 Å². The van der Waals surface area contributed by atoms with Gasteiger partial charge >= 0.3 is 0 Å². The van der Waals surface area contributed by atoms with Crippen LogP contribution in [0.15, 0.2) is 6.20 Å². The molecule has 0 saturated carbocycles. The highest BCUT2D eigenvalue weighted by Crippen LogP contribution is 2.33. The lowest BCUT2D eigenvalue weighted by atomic mass is 9.87. The first-order valence-corrected chi connectivity index (χ1v) is 9.57. The van der Waals surface area contributed by atoms with Gasteiger partial charge in [0.2, 0.25) is 5.91 Å². The zero-order valence-corrected chi connectivity index (χ0v) is 16.5. The van der Waals surface area contributed by atoms with E-state index >= 15 is 0 Å². The number of hydrogen-bond acceptors (Lipinski definition) is 4. The first-order valence-electron chi connectivity index (χ1n) is 9.20. The number of ether oxygens (including phenoxy) is 1. The topological polar surface area (TPSA) is 67.7 Å². The van der Waals surface area contributed by atoms with Crippen molar-refractivity contribution in [3.8, 4) is 0 Å². The molecule has 1 spiro atoms. The third-order valence-electron chi connectivity index (χ3n) is 5.13. The summed E-state index contributed by atoms with van der Waals surface area (Å²) in [4.78, 5) is 29.0. The van der Waals surface area contributed by atoms with E-state index in [2.05, 4.69) is 18.9 Å². The standard InChI is InChI=1S/C18H27ClN4O3/c1-13(2)11-23-8-9-26-18(10-15(23)24)4-6-22(7-5-18)17(25)16-14(19)12-21(3)20-16/h12-13H,4-11H2,1-3H3.